The first-order chi connectivity index (χ1) is 15.8. The van der Waals surface area contributed by atoms with E-state index in [0.29, 0.717) is 6.54 Å². The van der Waals surface area contributed by atoms with Crippen LogP contribution in [0.3, 0.4) is 0 Å². The maximum atomic E-state index is 13.0. The van der Waals surface area contributed by atoms with Crippen molar-refractivity contribution in [3.63, 3.8) is 0 Å². The fourth-order valence-corrected chi connectivity index (χ4v) is 5.51. The van der Waals surface area contributed by atoms with Crippen molar-refractivity contribution in [1.29, 1.82) is 0 Å². The van der Waals surface area contributed by atoms with Crippen LogP contribution in [0.4, 0.5) is 10.5 Å². The summed E-state index contributed by atoms with van der Waals surface area (Å²) in [6.07, 6.45) is 7.85. The van der Waals surface area contributed by atoms with Crippen molar-refractivity contribution < 1.29 is 9.90 Å². The quantitative estimate of drug-likeness (QED) is 0.491. The smallest absolute Gasteiger partial charge is 0.319 e. The number of carbonyl (C=O) groups is 1. The number of aliphatic hydroxyl groups excluding tert-OH is 1. The average molecular weight is 449 g/mol. The number of amides is 2. The number of anilines is 1. The number of fused-ring (bicyclic) bond motifs is 1. The Kier molecular flexibility index (Phi) is 6.48. The highest BCUT2D eigenvalue weighted by molar-refractivity contribution is 5.93. The van der Waals surface area contributed by atoms with Gasteiger partial charge in [-0.05, 0) is 47.9 Å². The number of primary amides is 1. The van der Waals surface area contributed by atoms with E-state index in [9.17, 15) is 9.90 Å². The summed E-state index contributed by atoms with van der Waals surface area (Å²) >= 11 is 0. The minimum atomic E-state index is -0.428. The molecule has 1 aliphatic rings. The van der Waals surface area contributed by atoms with Gasteiger partial charge >= 0.3 is 6.03 Å². The van der Waals surface area contributed by atoms with Gasteiger partial charge in [0.1, 0.15) is 5.65 Å². The molecule has 4 rings (SSSR count). The summed E-state index contributed by atoms with van der Waals surface area (Å²) in [4.78, 5) is 19.5. The Hall–Kier alpha value is -2.86. The molecular formula is C27H36N4O2. The molecule has 3 N–H and O–H groups in total. The van der Waals surface area contributed by atoms with Crippen LogP contribution in [0.25, 0.3) is 11.0 Å². The van der Waals surface area contributed by atoms with Crippen molar-refractivity contribution >= 4 is 22.8 Å². The summed E-state index contributed by atoms with van der Waals surface area (Å²) < 4.78 is 2.21. The maximum Gasteiger partial charge on any atom is 0.319 e. The van der Waals surface area contributed by atoms with Crippen molar-refractivity contribution in [1.82, 2.24) is 9.55 Å². The molecule has 1 aromatic carbocycles. The lowest BCUT2D eigenvalue weighted by Crippen LogP contribution is -2.48. The van der Waals surface area contributed by atoms with Gasteiger partial charge in [-0.1, -0.05) is 58.7 Å². The Morgan fingerprint density at radius 1 is 1.12 bits per heavy atom. The fraction of sp³-hybridized carbons (Fsp3) is 0.481. The fourth-order valence-electron chi connectivity index (χ4n) is 5.51. The molecule has 1 fully saturated rings. The molecule has 33 heavy (non-hydrogen) atoms. The molecule has 3 aromatic rings. The van der Waals surface area contributed by atoms with Crippen molar-refractivity contribution in [2.24, 2.45) is 5.73 Å². The van der Waals surface area contributed by atoms with Crippen LogP contribution in [0, 0.1) is 0 Å². The number of pyridine rings is 1. The highest BCUT2D eigenvalue weighted by atomic mass is 16.3. The Labute approximate surface area is 196 Å². The molecule has 0 atom stereocenters. The molecule has 0 radical (unpaired) electrons. The molecule has 6 nitrogen and oxygen atoms in total. The van der Waals surface area contributed by atoms with E-state index in [4.69, 9.17) is 5.73 Å². The van der Waals surface area contributed by atoms with E-state index < -0.39 is 6.03 Å². The summed E-state index contributed by atoms with van der Waals surface area (Å²) in [6.45, 7) is 9.07. The molecule has 0 saturated heterocycles. The number of para-hydroxylation sites is 1. The second-order valence-electron chi connectivity index (χ2n) is 10.0. The van der Waals surface area contributed by atoms with E-state index in [1.165, 1.54) is 0 Å². The van der Waals surface area contributed by atoms with Gasteiger partial charge < -0.3 is 15.4 Å². The SMILES string of the molecule is CC(C)c1cccc(C(C)C)c1N(CC1(n2cc(CO)c3cccnc32)CCCC1)C(N)=O. The highest BCUT2D eigenvalue weighted by Gasteiger charge is 2.41. The summed E-state index contributed by atoms with van der Waals surface area (Å²) in [5.74, 6) is 0.519. The maximum absolute atomic E-state index is 13.0. The standard InChI is InChI=1S/C27H36N4O2/c1-18(2)21-9-7-10-22(19(3)4)24(21)30(26(28)33)17-27(12-5-6-13-27)31-15-20(16-32)23-11-8-14-29-25(23)31/h7-11,14-15,18-19,32H,5-6,12-13,16-17H2,1-4H3,(H2,28,33). The number of aromatic nitrogens is 2. The zero-order valence-electron chi connectivity index (χ0n) is 20.2. The van der Waals surface area contributed by atoms with Crippen LogP contribution in [-0.2, 0) is 12.1 Å². The lowest BCUT2D eigenvalue weighted by Gasteiger charge is -2.38. The third-order valence-corrected chi connectivity index (χ3v) is 7.19. The summed E-state index contributed by atoms with van der Waals surface area (Å²) in [5.41, 5.74) is 10.7. The number of urea groups is 1. The second-order valence-corrected chi connectivity index (χ2v) is 10.0. The van der Waals surface area contributed by atoms with Crippen LogP contribution in [0.5, 0.6) is 0 Å². The molecule has 0 unspecified atom stereocenters. The minimum absolute atomic E-state index is 0.0432. The Morgan fingerprint density at radius 3 is 2.30 bits per heavy atom. The molecule has 176 valence electrons. The van der Waals surface area contributed by atoms with E-state index in [-0.39, 0.29) is 24.0 Å². The normalized spacial score (nSPS) is 15.6. The van der Waals surface area contributed by atoms with Gasteiger partial charge in [-0.25, -0.2) is 9.78 Å². The van der Waals surface area contributed by atoms with Crippen LogP contribution in [0.2, 0.25) is 0 Å². The predicted octanol–water partition coefficient (Wildman–Crippen LogP) is 5.63. The largest absolute Gasteiger partial charge is 0.392 e. The van der Waals surface area contributed by atoms with Gasteiger partial charge in [-0.3, -0.25) is 4.90 Å². The van der Waals surface area contributed by atoms with Gasteiger partial charge in [0, 0.05) is 23.3 Å². The van der Waals surface area contributed by atoms with Gasteiger partial charge in [0.25, 0.3) is 0 Å². The average Bonchev–Trinajstić information content (AvgIpc) is 3.42. The Morgan fingerprint density at radius 2 is 1.76 bits per heavy atom. The van der Waals surface area contributed by atoms with Gasteiger partial charge in [0.05, 0.1) is 24.4 Å². The first-order valence-electron chi connectivity index (χ1n) is 12.0. The van der Waals surface area contributed by atoms with Crippen molar-refractivity contribution in [2.45, 2.75) is 77.4 Å². The van der Waals surface area contributed by atoms with Gasteiger partial charge in [-0.2, -0.15) is 0 Å². The molecule has 1 aliphatic carbocycles. The number of carbonyl (C=O) groups excluding carboxylic acids is 1. The molecule has 2 aromatic heterocycles. The lowest BCUT2D eigenvalue weighted by atomic mass is 9.90. The van der Waals surface area contributed by atoms with Gasteiger partial charge in [0.2, 0.25) is 0 Å². The van der Waals surface area contributed by atoms with E-state index in [2.05, 4.69) is 55.4 Å². The van der Waals surface area contributed by atoms with Crippen LogP contribution in [0.1, 0.15) is 81.9 Å². The van der Waals surface area contributed by atoms with Crippen molar-refractivity contribution in [3.05, 3.63) is 59.4 Å². The van der Waals surface area contributed by atoms with Gasteiger partial charge in [0.15, 0.2) is 0 Å². The summed E-state index contributed by atoms with van der Waals surface area (Å²) in [5, 5.41) is 11.0. The molecule has 2 heterocycles. The molecule has 0 bridgehead atoms. The monoisotopic (exact) mass is 448 g/mol. The third kappa shape index (κ3) is 4.12. The number of hydrogen-bond donors (Lipinski definition) is 2. The molecule has 0 spiro atoms. The van der Waals surface area contributed by atoms with E-state index in [1.54, 1.807) is 6.20 Å². The minimum Gasteiger partial charge on any atom is -0.392 e. The number of nitrogens with zero attached hydrogens (tertiary/aromatic N) is 3. The van der Waals surface area contributed by atoms with Crippen molar-refractivity contribution in [3.8, 4) is 0 Å². The zero-order valence-corrected chi connectivity index (χ0v) is 20.2. The molecule has 2 amide bonds. The number of hydrogen-bond acceptors (Lipinski definition) is 3. The lowest BCUT2D eigenvalue weighted by molar-refractivity contribution is 0.245. The van der Waals surface area contributed by atoms with Crippen LogP contribution < -0.4 is 10.6 Å². The Bertz CT molecular complexity index is 1120. The summed E-state index contributed by atoms with van der Waals surface area (Å²) in [6, 6.07) is 9.78. The van der Waals surface area contributed by atoms with E-state index in [0.717, 1.165) is 59.1 Å². The first-order valence-corrected chi connectivity index (χ1v) is 12.0. The molecule has 0 aliphatic heterocycles. The van der Waals surface area contributed by atoms with Crippen LogP contribution >= 0.6 is 0 Å². The molecule has 1 saturated carbocycles. The highest BCUT2D eigenvalue weighted by Crippen LogP contribution is 2.43. The second kappa shape index (κ2) is 9.18. The molecule has 6 heteroatoms. The predicted molar refractivity (Wildman–Crippen MR) is 134 cm³/mol. The van der Waals surface area contributed by atoms with Gasteiger partial charge in [-0.15, -0.1) is 0 Å². The number of rotatable bonds is 7. The number of nitrogens with two attached hydrogens (primary N) is 1. The topological polar surface area (TPSA) is 84.4 Å². The summed E-state index contributed by atoms with van der Waals surface area (Å²) in [7, 11) is 0. The van der Waals surface area contributed by atoms with Crippen LogP contribution in [-0.4, -0.2) is 27.2 Å². The number of aliphatic hydroxyl groups is 1. The zero-order chi connectivity index (χ0) is 23.8. The first kappa shape index (κ1) is 23.3. The number of benzene rings is 1. The molecular weight excluding hydrogens is 412 g/mol. The van der Waals surface area contributed by atoms with Crippen LogP contribution in [0.15, 0.2) is 42.7 Å². The Balaban J connectivity index is 1.89. The third-order valence-electron chi connectivity index (χ3n) is 7.19. The van der Waals surface area contributed by atoms with E-state index in [1.807, 2.05) is 23.2 Å². The van der Waals surface area contributed by atoms with E-state index >= 15 is 0 Å². The van der Waals surface area contributed by atoms with Crippen molar-refractivity contribution in [2.75, 3.05) is 11.4 Å².